The Hall–Kier alpha value is 0.855. The summed E-state index contributed by atoms with van der Waals surface area (Å²) >= 11 is 0. The molecule has 0 N–H and O–H groups in total. The van der Waals surface area contributed by atoms with E-state index < -0.39 is 8.53 Å². The van der Waals surface area contributed by atoms with Crippen molar-refractivity contribution in [2.45, 2.75) is 0 Å². The number of hydrogen-bond acceptors (Lipinski definition) is 0. The molecule has 2 unspecified atom stereocenters. The largest absolute Gasteiger partial charge is 0.227 e. The van der Waals surface area contributed by atoms with Gasteiger partial charge in [-0.3, -0.25) is 0 Å². The van der Waals surface area contributed by atoms with Crippen LogP contribution in [-0.4, -0.2) is 8.84 Å². The zero-order chi connectivity index (χ0) is 4.28. The van der Waals surface area contributed by atoms with Gasteiger partial charge in [-0.25, -0.2) is 4.20 Å². The summed E-state index contributed by atoms with van der Waals surface area (Å²) in [6.07, 6.45) is 0. The third kappa shape index (κ3) is 2.85. The lowest BCUT2D eigenvalue weighted by atomic mass is 10.8. The van der Waals surface area contributed by atoms with Gasteiger partial charge in [-0.05, 0) is 0 Å². The molecule has 4 heteroatoms. The maximum Gasteiger partial charge on any atom is 0.113 e. The van der Waals surface area contributed by atoms with Crippen molar-refractivity contribution in [1.29, 1.82) is 1.28 Å². The van der Waals surface area contributed by atoms with Crippen molar-refractivity contribution in [3.8, 4) is 0 Å². The topological polar surface area (TPSA) is 0 Å². The minimum absolute atomic E-state index is 0.321. The zero-order valence-corrected chi connectivity index (χ0v) is 3.80. The molecule has 0 spiro atoms. The first-order chi connectivity index (χ1) is 2.27. The van der Waals surface area contributed by atoms with E-state index in [0.717, 1.165) is 0 Å². The van der Waals surface area contributed by atoms with E-state index in [1.54, 1.807) is 0 Å². The van der Waals surface area contributed by atoms with Crippen molar-refractivity contribution in [3.63, 3.8) is 0 Å². The molecule has 0 saturated heterocycles. The van der Waals surface area contributed by atoms with Crippen molar-refractivity contribution in [3.05, 3.63) is 0 Å². The van der Waals surface area contributed by atoms with Crippen molar-refractivity contribution in [2.24, 2.45) is 0 Å². The van der Waals surface area contributed by atoms with Crippen LogP contribution in [0.25, 0.3) is 0 Å². The second-order valence-electron chi connectivity index (χ2n) is 0.214. The highest BCUT2D eigenvalue weighted by atomic mass is 32.0. The molecule has 4 heavy (non-hydrogen) atoms. The predicted molar refractivity (Wildman–Crippen MR) is 23.5 cm³/mol. The van der Waals surface area contributed by atoms with Gasteiger partial charge in [0.1, 0.15) is 7.57 Å². The van der Waals surface area contributed by atoms with Gasteiger partial charge in [0.2, 0.25) is 0 Å². The van der Waals surface area contributed by atoms with E-state index in [4.69, 9.17) is 1.28 Å². The Morgan fingerprint density at radius 3 is 2.50 bits per heavy atom. The summed E-state index contributed by atoms with van der Waals surface area (Å²) in [5.74, 6) is 0. The van der Waals surface area contributed by atoms with Gasteiger partial charge < -0.3 is 0 Å². The molecule has 0 nitrogen and oxygen atoms in total. The Morgan fingerprint density at radius 2 is 2.50 bits per heavy atom. The molecule has 0 saturated carbocycles. The lowest BCUT2D eigenvalue weighted by molar-refractivity contribution is 0.936. The van der Waals surface area contributed by atoms with Crippen LogP contribution in [-0.2, 0) is 0 Å². The van der Waals surface area contributed by atoms with E-state index >= 15 is 0 Å². The first-order valence-electron chi connectivity index (χ1n) is 1.13. The standard InChI is InChI=1S/BFH2P2/c1-3-4-2/h3-4H/i4T. The minimum Gasteiger partial charge on any atom is -0.227 e. The summed E-state index contributed by atoms with van der Waals surface area (Å²) in [5, 5.41) is 0. The number of hydrogen-bond donors (Lipinski definition) is 0. The fourth-order valence-electron chi connectivity index (χ4n) is 0. The van der Waals surface area contributed by atoms with Gasteiger partial charge >= 0.3 is 0 Å². The third-order valence-electron chi connectivity index (χ3n) is 0.0488. The second kappa shape index (κ2) is 3.85. The summed E-state index contributed by atoms with van der Waals surface area (Å²) in [6, 6.07) is 0. The molecule has 0 aromatic heterocycles. The van der Waals surface area contributed by atoms with Crippen LogP contribution in [0.3, 0.4) is 0 Å². The number of rotatable bonds is 1. The van der Waals surface area contributed by atoms with Crippen LogP contribution in [0.4, 0.5) is 4.20 Å². The van der Waals surface area contributed by atoms with Gasteiger partial charge in [-0.2, -0.15) is 0 Å². The normalized spacial score (nSPS) is 21.8. The molecule has 0 fully saturated rings. The Bertz CT molecular complexity index is 23.6. The van der Waals surface area contributed by atoms with E-state index in [1.807, 2.05) is 0 Å². The van der Waals surface area contributed by atoms with Crippen LogP contribution in [0.1, 0.15) is 0 Å². The van der Waals surface area contributed by atoms with E-state index in [0.29, 0.717) is 0 Å². The third-order valence-corrected chi connectivity index (χ3v) is 0.439. The highest BCUT2D eigenvalue weighted by molar-refractivity contribution is 8.20. The maximum atomic E-state index is 11.0. The molecular weight excluding hydrogens is 91.8 g/mol. The molecule has 0 amide bonds. The highest BCUT2D eigenvalue weighted by Gasteiger charge is 1.59. The summed E-state index contributed by atoms with van der Waals surface area (Å²) in [7, 11) is 2.30. The van der Waals surface area contributed by atoms with Crippen molar-refractivity contribution < 1.29 is 4.20 Å². The van der Waals surface area contributed by atoms with Crippen molar-refractivity contribution in [2.75, 3.05) is 0 Å². The van der Waals surface area contributed by atoms with Gasteiger partial charge in [0, 0.05) is 0 Å². The van der Waals surface area contributed by atoms with Crippen LogP contribution in [0.5, 0.6) is 0 Å². The van der Waals surface area contributed by atoms with Gasteiger partial charge in [-0.1, -0.05) is 0 Å². The molecule has 0 aromatic carbocycles. The molecule has 0 rings (SSSR count). The molecule has 0 bridgehead atoms. The summed E-state index contributed by atoms with van der Waals surface area (Å²) in [4.78, 5) is 0. The lowest BCUT2D eigenvalue weighted by Crippen LogP contribution is -1.15. The fraction of sp³-hybridized carbons (Fsp3) is 0. The average Bonchev–Trinajstić information content (AvgIpc) is 1.38. The lowest BCUT2D eigenvalue weighted by Gasteiger charge is -1.65. The SMILES string of the molecule is [3H]P(F)P[B]. The summed E-state index contributed by atoms with van der Waals surface area (Å²) in [6.45, 7) is 0. The molecule has 2 atom stereocenters. The first-order valence-corrected chi connectivity index (χ1v) is 3.39. The Morgan fingerprint density at radius 1 is 2.25 bits per heavy atom. The Labute approximate surface area is 30.8 Å². The molecule has 0 aliphatic heterocycles. The second-order valence-corrected chi connectivity index (χ2v) is 1.92. The first kappa shape index (κ1) is 3.06. The van der Waals surface area contributed by atoms with Gasteiger partial charge in [0.25, 0.3) is 0 Å². The van der Waals surface area contributed by atoms with E-state index in [-0.39, 0.29) is 8.15 Å². The molecular formula is H2BFP2. The molecule has 2 radical (unpaired) electrons. The molecule has 0 aliphatic rings. The van der Waals surface area contributed by atoms with Crippen LogP contribution in [0.2, 0.25) is 0 Å². The number of halogens is 1. The van der Waals surface area contributed by atoms with Gasteiger partial charge in [0.05, 0.1) is 9.80 Å². The van der Waals surface area contributed by atoms with Crippen molar-refractivity contribution in [1.82, 2.24) is 0 Å². The van der Waals surface area contributed by atoms with Crippen LogP contribution in [0.15, 0.2) is 0 Å². The Kier molecular flexibility index (Phi) is 2.95. The zero-order valence-electron chi connectivity index (χ0n) is 2.90. The van der Waals surface area contributed by atoms with Gasteiger partial charge in [0.15, 0.2) is 0 Å². The van der Waals surface area contributed by atoms with E-state index in [9.17, 15) is 4.20 Å². The molecule has 0 aromatic rings. The summed E-state index contributed by atoms with van der Waals surface area (Å²) in [5.41, 5.74) is 0. The average molecular weight is 95.8 g/mol. The van der Waals surface area contributed by atoms with Crippen LogP contribution in [0, 0.1) is 0 Å². The van der Waals surface area contributed by atoms with E-state index in [1.165, 1.54) is 0 Å². The fourth-order valence-corrected chi connectivity index (χ4v) is 0. The molecule has 0 aliphatic carbocycles. The van der Waals surface area contributed by atoms with Crippen LogP contribution >= 0.6 is 16.7 Å². The monoisotopic (exact) mass is 96.0 g/mol. The maximum absolute atomic E-state index is 11.0. The Balaban J connectivity index is 2.54. The molecule has 22 valence electrons. The quantitative estimate of drug-likeness (QED) is 0.340. The summed E-state index contributed by atoms with van der Waals surface area (Å²) < 4.78 is 17.2. The smallest absolute Gasteiger partial charge is 0.113 e. The molecule has 0 heterocycles. The van der Waals surface area contributed by atoms with Gasteiger partial charge in [-0.15, -0.1) is 8.15 Å². The van der Waals surface area contributed by atoms with Crippen LogP contribution < -0.4 is 0 Å². The van der Waals surface area contributed by atoms with Crippen molar-refractivity contribution >= 4 is 24.2 Å². The predicted octanol–water partition coefficient (Wildman–Crippen LogP) is 1.23. The minimum atomic E-state index is -2.04. The van der Waals surface area contributed by atoms with E-state index in [2.05, 4.69) is 7.57 Å². The highest BCUT2D eigenvalue weighted by Crippen LogP contribution is 2.31.